The summed E-state index contributed by atoms with van der Waals surface area (Å²) in [5.41, 5.74) is 3.04. The number of rotatable bonds is 3. The first-order chi connectivity index (χ1) is 6.63. The Labute approximate surface area is 90.5 Å². The van der Waals surface area contributed by atoms with E-state index in [1.807, 2.05) is 24.5 Å². The lowest BCUT2D eigenvalue weighted by atomic mass is 10.2. The Hall–Kier alpha value is -1.07. The number of carbonyl (C=O) groups is 1. The van der Waals surface area contributed by atoms with E-state index in [0.717, 1.165) is 10.0 Å². The average Bonchev–Trinajstić information content (AvgIpc) is 2.19. The van der Waals surface area contributed by atoms with E-state index in [1.165, 1.54) is 0 Å². The molecule has 1 amide bonds. The van der Waals surface area contributed by atoms with E-state index in [4.69, 9.17) is 10.6 Å². The summed E-state index contributed by atoms with van der Waals surface area (Å²) in [5.74, 6) is 5.19. The molecule has 0 spiro atoms. The molecule has 0 heterocycles. The number of ether oxygens (including phenoxy) is 1. The molecule has 4 nitrogen and oxygen atoms in total. The number of hydrogen-bond acceptors (Lipinski definition) is 3. The van der Waals surface area contributed by atoms with E-state index in [9.17, 15) is 4.79 Å². The second-order valence-electron chi connectivity index (χ2n) is 2.77. The molecule has 0 aliphatic heterocycles. The van der Waals surface area contributed by atoms with Crippen molar-refractivity contribution in [1.82, 2.24) is 5.43 Å². The summed E-state index contributed by atoms with van der Waals surface area (Å²) in [7, 11) is 0. The van der Waals surface area contributed by atoms with Gasteiger partial charge in [0.15, 0.2) is 6.61 Å². The van der Waals surface area contributed by atoms with Gasteiger partial charge in [0.1, 0.15) is 5.75 Å². The fourth-order valence-corrected chi connectivity index (χ4v) is 1.14. The van der Waals surface area contributed by atoms with Crippen molar-refractivity contribution in [1.29, 1.82) is 0 Å². The topological polar surface area (TPSA) is 64.3 Å². The van der Waals surface area contributed by atoms with Gasteiger partial charge in [-0.25, -0.2) is 5.84 Å². The number of hydrazine groups is 1. The highest BCUT2D eigenvalue weighted by Crippen LogP contribution is 2.21. The van der Waals surface area contributed by atoms with Gasteiger partial charge < -0.3 is 4.74 Å². The van der Waals surface area contributed by atoms with Crippen LogP contribution in [0.5, 0.6) is 5.75 Å². The molecule has 1 aromatic carbocycles. The molecule has 0 radical (unpaired) electrons. The van der Waals surface area contributed by atoms with Crippen LogP contribution in [0.3, 0.4) is 0 Å². The Morgan fingerprint density at radius 3 is 2.93 bits per heavy atom. The summed E-state index contributed by atoms with van der Waals surface area (Å²) in [4.78, 5) is 10.8. The highest BCUT2D eigenvalue weighted by atomic mass is 79.9. The predicted octanol–water partition coefficient (Wildman–Crippen LogP) is 1.13. The number of amides is 1. The Morgan fingerprint density at radius 1 is 1.64 bits per heavy atom. The monoisotopic (exact) mass is 258 g/mol. The Bertz CT molecular complexity index is 342. The lowest BCUT2D eigenvalue weighted by Crippen LogP contribution is -2.34. The fraction of sp³-hybridized carbons (Fsp3) is 0.222. The number of nitrogens with one attached hydrogen (secondary N) is 1. The zero-order valence-electron chi connectivity index (χ0n) is 7.71. The second kappa shape index (κ2) is 4.97. The molecule has 0 saturated carbocycles. The highest BCUT2D eigenvalue weighted by molar-refractivity contribution is 9.10. The van der Waals surface area contributed by atoms with Crippen LogP contribution in [0, 0.1) is 6.92 Å². The van der Waals surface area contributed by atoms with Gasteiger partial charge in [-0.05, 0) is 30.7 Å². The zero-order chi connectivity index (χ0) is 10.6. The molecule has 0 saturated heterocycles. The minimum absolute atomic E-state index is 0.0719. The zero-order valence-corrected chi connectivity index (χ0v) is 9.30. The van der Waals surface area contributed by atoms with E-state index >= 15 is 0 Å². The van der Waals surface area contributed by atoms with E-state index in [-0.39, 0.29) is 12.5 Å². The molecule has 0 unspecified atom stereocenters. The highest BCUT2D eigenvalue weighted by Gasteiger charge is 2.01. The van der Waals surface area contributed by atoms with Crippen molar-refractivity contribution in [2.24, 2.45) is 5.84 Å². The maximum atomic E-state index is 10.8. The quantitative estimate of drug-likeness (QED) is 0.486. The molecule has 5 heteroatoms. The number of nitrogens with two attached hydrogens (primary N) is 1. The molecular weight excluding hydrogens is 248 g/mol. The van der Waals surface area contributed by atoms with Gasteiger partial charge >= 0.3 is 0 Å². The first-order valence-electron chi connectivity index (χ1n) is 4.02. The molecule has 0 bridgehead atoms. The summed E-state index contributed by atoms with van der Waals surface area (Å²) in [5, 5.41) is 0. The number of aryl methyl sites for hydroxylation is 1. The van der Waals surface area contributed by atoms with Crippen molar-refractivity contribution in [2.75, 3.05) is 6.61 Å². The number of hydrogen-bond donors (Lipinski definition) is 2. The van der Waals surface area contributed by atoms with Crippen LogP contribution in [0.1, 0.15) is 5.56 Å². The van der Waals surface area contributed by atoms with Crippen molar-refractivity contribution >= 4 is 21.8 Å². The van der Waals surface area contributed by atoms with E-state index < -0.39 is 0 Å². The molecule has 1 aromatic rings. The third kappa shape index (κ3) is 3.01. The molecule has 0 atom stereocenters. The van der Waals surface area contributed by atoms with Gasteiger partial charge in [0.05, 0.1) is 0 Å². The van der Waals surface area contributed by atoms with Crippen LogP contribution in [-0.2, 0) is 4.79 Å². The minimum atomic E-state index is -0.356. The van der Waals surface area contributed by atoms with Crippen LogP contribution in [0.4, 0.5) is 0 Å². The van der Waals surface area contributed by atoms with Crippen molar-refractivity contribution in [3.05, 3.63) is 28.2 Å². The summed E-state index contributed by atoms with van der Waals surface area (Å²) in [6.45, 7) is 1.87. The molecule has 3 N–H and O–H groups in total. The summed E-state index contributed by atoms with van der Waals surface area (Å²) >= 11 is 3.37. The summed E-state index contributed by atoms with van der Waals surface area (Å²) in [6, 6.07) is 5.49. The minimum Gasteiger partial charge on any atom is -0.484 e. The normalized spacial score (nSPS) is 9.64. The average molecular weight is 259 g/mol. The third-order valence-corrected chi connectivity index (χ3v) is 2.55. The molecule has 0 aliphatic rings. The van der Waals surface area contributed by atoms with Crippen molar-refractivity contribution < 1.29 is 9.53 Å². The van der Waals surface area contributed by atoms with Crippen LogP contribution < -0.4 is 16.0 Å². The van der Waals surface area contributed by atoms with E-state index in [0.29, 0.717) is 5.75 Å². The molecule has 0 aromatic heterocycles. The van der Waals surface area contributed by atoms with Crippen molar-refractivity contribution in [3.8, 4) is 5.75 Å². The first kappa shape index (κ1) is 11.0. The maximum Gasteiger partial charge on any atom is 0.271 e. The van der Waals surface area contributed by atoms with Gasteiger partial charge in [0, 0.05) is 4.47 Å². The first-order valence-corrected chi connectivity index (χ1v) is 4.81. The molecule has 1 rings (SSSR count). The Balaban J connectivity index is 2.60. The van der Waals surface area contributed by atoms with Crippen LogP contribution in [0.25, 0.3) is 0 Å². The van der Waals surface area contributed by atoms with Gasteiger partial charge in [-0.1, -0.05) is 15.9 Å². The van der Waals surface area contributed by atoms with Gasteiger partial charge in [-0.15, -0.1) is 0 Å². The van der Waals surface area contributed by atoms with Gasteiger partial charge in [-0.3, -0.25) is 10.2 Å². The van der Waals surface area contributed by atoms with Gasteiger partial charge in [-0.2, -0.15) is 0 Å². The lowest BCUT2D eigenvalue weighted by molar-refractivity contribution is -0.123. The second-order valence-corrected chi connectivity index (χ2v) is 3.62. The molecular formula is C9H11BrN2O2. The lowest BCUT2D eigenvalue weighted by Gasteiger charge is -2.06. The largest absolute Gasteiger partial charge is 0.484 e. The van der Waals surface area contributed by atoms with Crippen LogP contribution >= 0.6 is 15.9 Å². The van der Waals surface area contributed by atoms with Crippen molar-refractivity contribution in [3.63, 3.8) is 0 Å². The van der Waals surface area contributed by atoms with Crippen LogP contribution in [0.15, 0.2) is 22.7 Å². The molecule has 14 heavy (non-hydrogen) atoms. The Morgan fingerprint density at radius 2 is 2.36 bits per heavy atom. The standard InChI is InChI=1S/C9H11BrN2O2/c1-6-4-7(2-3-8(6)10)14-5-9(13)12-11/h2-4H,5,11H2,1H3,(H,12,13). The number of halogens is 1. The third-order valence-electron chi connectivity index (χ3n) is 1.66. The van der Waals surface area contributed by atoms with E-state index in [1.54, 1.807) is 6.07 Å². The molecule has 0 fully saturated rings. The summed E-state index contributed by atoms with van der Waals surface area (Å²) in [6.07, 6.45) is 0. The smallest absolute Gasteiger partial charge is 0.271 e. The van der Waals surface area contributed by atoms with Crippen LogP contribution in [-0.4, -0.2) is 12.5 Å². The maximum absolute atomic E-state index is 10.8. The van der Waals surface area contributed by atoms with Gasteiger partial charge in [0.2, 0.25) is 0 Å². The van der Waals surface area contributed by atoms with Crippen LogP contribution in [0.2, 0.25) is 0 Å². The SMILES string of the molecule is Cc1cc(OCC(=O)NN)ccc1Br. The molecule has 0 aliphatic carbocycles. The number of benzene rings is 1. The molecule has 76 valence electrons. The van der Waals surface area contributed by atoms with Crippen molar-refractivity contribution in [2.45, 2.75) is 6.92 Å². The summed E-state index contributed by atoms with van der Waals surface area (Å²) < 4.78 is 6.19. The Kier molecular flexibility index (Phi) is 3.91. The van der Waals surface area contributed by atoms with Gasteiger partial charge in [0.25, 0.3) is 5.91 Å². The predicted molar refractivity (Wildman–Crippen MR) is 56.7 cm³/mol. The number of carbonyl (C=O) groups excluding carboxylic acids is 1. The van der Waals surface area contributed by atoms with E-state index in [2.05, 4.69) is 15.9 Å². The fourth-order valence-electron chi connectivity index (χ4n) is 0.898.